The molecule has 0 aromatic heterocycles. The molecule has 1 heterocycles. The quantitative estimate of drug-likeness (QED) is 0.574. The number of rotatable bonds is 3. The predicted molar refractivity (Wildman–Crippen MR) is 48.2 cm³/mol. The molecular formula is C9H13NO4. The second kappa shape index (κ2) is 3.89. The molecule has 0 bridgehead atoms. The van der Waals surface area contributed by atoms with Crippen molar-refractivity contribution in [2.24, 2.45) is 0 Å². The molecule has 0 radical (unpaired) electrons. The molecule has 0 aromatic rings. The molecule has 0 saturated carbocycles. The first-order valence-electron chi connectivity index (χ1n) is 4.33. The molecule has 0 aromatic carbocycles. The maximum absolute atomic E-state index is 11.4. The van der Waals surface area contributed by atoms with Crippen molar-refractivity contribution in [2.75, 3.05) is 6.61 Å². The van der Waals surface area contributed by atoms with E-state index in [4.69, 9.17) is 5.11 Å². The zero-order valence-corrected chi connectivity index (χ0v) is 8.10. The van der Waals surface area contributed by atoms with E-state index in [9.17, 15) is 14.7 Å². The van der Waals surface area contributed by atoms with E-state index in [2.05, 4.69) is 0 Å². The van der Waals surface area contributed by atoms with Crippen LogP contribution >= 0.6 is 0 Å². The van der Waals surface area contributed by atoms with Crippen LogP contribution in [-0.2, 0) is 9.59 Å². The number of aliphatic hydroxyl groups excluding tert-OH is 2. The molecule has 0 unspecified atom stereocenters. The Kier molecular flexibility index (Phi) is 3.03. The number of hydrogen-bond acceptors (Lipinski definition) is 4. The minimum atomic E-state index is -0.938. The molecule has 0 fully saturated rings. The van der Waals surface area contributed by atoms with Gasteiger partial charge in [-0.25, -0.2) is 0 Å². The summed E-state index contributed by atoms with van der Waals surface area (Å²) in [6, 6.07) is -0.858. The topological polar surface area (TPSA) is 77.8 Å². The van der Waals surface area contributed by atoms with Crippen LogP contribution in [0.15, 0.2) is 11.6 Å². The van der Waals surface area contributed by atoms with Gasteiger partial charge in [0.25, 0.3) is 11.8 Å². The highest BCUT2D eigenvalue weighted by Crippen LogP contribution is 2.17. The Bertz CT molecular complexity index is 295. The van der Waals surface area contributed by atoms with Crippen LogP contribution in [-0.4, -0.2) is 45.7 Å². The Hall–Kier alpha value is -1.20. The first-order valence-corrected chi connectivity index (χ1v) is 4.33. The highest BCUT2D eigenvalue weighted by molar-refractivity contribution is 6.16. The van der Waals surface area contributed by atoms with Crippen molar-refractivity contribution in [3.05, 3.63) is 11.6 Å². The molecular weight excluding hydrogens is 186 g/mol. The maximum Gasteiger partial charge on any atom is 0.256 e. The van der Waals surface area contributed by atoms with E-state index in [1.807, 2.05) is 0 Å². The van der Waals surface area contributed by atoms with Crippen molar-refractivity contribution in [1.82, 2.24) is 4.90 Å². The van der Waals surface area contributed by atoms with E-state index < -0.39 is 30.6 Å². The average Bonchev–Trinajstić information content (AvgIpc) is 2.32. The van der Waals surface area contributed by atoms with Gasteiger partial charge in [-0.05, 0) is 13.8 Å². The third-order valence-electron chi connectivity index (χ3n) is 2.21. The second-order valence-electron chi connectivity index (χ2n) is 3.33. The van der Waals surface area contributed by atoms with E-state index in [1.54, 1.807) is 0 Å². The summed E-state index contributed by atoms with van der Waals surface area (Å²) in [5.41, 5.74) is 0.328. The molecule has 0 aliphatic carbocycles. The number of carbonyl (C=O) groups excluding carboxylic acids is 2. The maximum atomic E-state index is 11.4. The van der Waals surface area contributed by atoms with E-state index in [0.717, 1.165) is 4.90 Å². The molecule has 1 rings (SSSR count). The summed E-state index contributed by atoms with van der Waals surface area (Å²) < 4.78 is 0. The van der Waals surface area contributed by atoms with Gasteiger partial charge in [0.15, 0.2) is 0 Å². The van der Waals surface area contributed by atoms with Crippen LogP contribution in [0.4, 0.5) is 0 Å². The third-order valence-corrected chi connectivity index (χ3v) is 2.21. The molecule has 0 spiro atoms. The van der Waals surface area contributed by atoms with Gasteiger partial charge in [-0.1, -0.05) is 0 Å². The number of imide groups is 1. The molecule has 5 nitrogen and oxygen atoms in total. The summed E-state index contributed by atoms with van der Waals surface area (Å²) in [5.74, 6) is -0.928. The van der Waals surface area contributed by atoms with Crippen LogP contribution in [0.5, 0.6) is 0 Å². The number of amides is 2. The van der Waals surface area contributed by atoms with Gasteiger partial charge in [-0.15, -0.1) is 0 Å². The predicted octanol–water partition coefficient (Wildman–Crippen LogP) is -0.957. The average molecular weight is 199 g/mol. The summed E-state index contributed by atoms with van der Waals surface area (Å²) in [5, 5.41) is 18.2. The van der Waals surface area contributed by atoms with E-state index in [0.29, 0.717) is 5.57 Å². The number of nitrogens with zero attached hydrogens (tertiary/aromatic N) is 1. The number of hydrogen-bond donors (Lipinski definition) is 2. The molecule has 2 atom stereocenters. The molecule has 78 valence electrons. The Labute approximate surface area is 81.6 Å². The highest BCUT2D eigenvalue weighted by Gasteiger charge is 2.36. The van der Waals surface area contributed by atoms with Crippen LogP contribution in [0, 0.1) is 0 Å². The Morgan fingerprint density at radius 3 is 2.36 bits per heavy atom. The lowest BCUT2D eigenvalue weighted by atomic mass is 10.1. The summed E-state index contributed by atoms with van der Waals surface area (Å²) in [4.78, 5) is 23.6. The fraction of sp³-hybridized carbons (Fsp3) is 0.556. The lowest BCUT2D eigenvalue weighted by molar-refractivity contribution is -0.144. The Morgan fingerprint density at radius 2 is 2.07 bits per heavy atom. The van der Waals surface area contributed by atoms with E-state index in [1.165, 1.54) is 19.9 Å². The first-order chi connectivity index (χ1) is 6.49. The smallest absolute Gasteiger partial charge is 0.256 e. The SMILES string of the molecule is CC1=CC(=O)N([C@H](CO)[C@@H](C)O)C1=O. The van der Waals surface area contributed by atoms with E-state index >= 15 is 0 Å². The first kappa shape index (κ1) is 10.9. The molecule has 2 amide bonds. The molecule has 2 N–H and O–H groups in total. The monoisotopic (exact) mass is 199 g/mol. The highest BCUT2D eigenvalue weighted by atomic mass is 16.3. The summed E-state index contributed by atoms with van der Waals surface area (Å²) in [7, 11) is 0. The van der Waals surface area contributed by atoms with Crippen molar-refractivity contribution in [3.8, 4) is 0 Å². The molecule has 14 heavy (non-hydrogen) atoms. The van der Waals surface area contributed by atoms with Crippen LogP contribution in [0.3, 0.4) is 0 Å². The lowest BCUT2D eigenvalue weighted by Gasteiger charge is -2.26. The number of carbonyl (C=O) groups is 2. The minimum Gasteiger partial charge on any atom is -0.394 e. The standard InChI is InChI=1S/C9H13NO4/c1-5-3-8(13)10(9(5)14)7(4-11)6(2)12/h3,6-7,11-12H,4H2,1-2H3/t6-,7-/m1/s1. The van der Waals surface area contributed by atoms with Crippen molar-refractivity contribution in [2.45, 2.75) is 26.0 Å². The zero-order valence-electron chi connectivity index (χ0n) is 8.10. The van der Waals surface area contributed by atoms with Gasteiger partial charge in [0.05, 0.1) is 18.8 Å². The van der Waals surface area contributed by atoms with Gasteiger partial charge >= 0.3 is 0 Å². The van der Waals surface area contributed by atoms with Gasteiger partial charge in [0, 0.05) is 11.6 Å². The fourth-order valence-corrected chi connectivity index (χ4v) is 1.37. The summed E-state index contributed by atoms with van der Waals surface area (Å²) in [6.07, 6.45) is 0.264. The van der Waals surface area contributed by atoms with Gasteiger partial charge in [-0.3, -0.25) is 14.5 Å². The van der Waals surface area contributed by atoms with E-state index in [-0.39, 0.29) is 0 Å². The van der Waals surface area contributed by atoms with Gasteiger partial charge in [-0.2, -0.15) is 0 Å². The van der Waals surface area contributed by atoms with Crippen molar-refractivity contribution in [3.63, 3.8) is 0 Å². The fourth-order valence-electron chi connectivity index (χ4n) is 1.37. The molecule has 0 saturated heterocycles. The molecule has 1 aliphatic rings. The zero-order chi connectivity index (χ0) is 10.9. The normalized spacial score (nSPS) is 21.1. The van der Waals surface area contributed by atoms with Gasteiger partial charge in [0.2, 0.25) is 0 Å². The summed E-state index contributed by atoms with van der Waals surface area (Å²) in [6.45, 7) is 2.52. The Morgan fingerprint density at radius 1 is 1.50 bits per heavy atom. The third kappa shape index (κ3) is 1.69. The van der Waals surface area contributed by atoms with Crippen LogP contribution in [0.2, 0.25) is 0 Å². The molecule has 1 aliphatic heterocycles. The van der Waals surface area contributed by atoms with Crippen molar-refractivity contribution < 1.29 is 19.8 Å². The van der Waals surface area contributed by atoms with Crippen molar-refractivity contribution in [1.29, 1.82) is 0 Å². The van der Waals surface area contributed by atoms with Gasteiger partial charge in [0.1, 0.15) is 0 Å². The summed E-state index contributed by atoms with van der Waals surface area (Å²) >= 11 is 0. The molecule has 5 heteroatoms. The number of aliphatic hydroxyl groups is 2. The largest absolute Gasteiger partial charge is 0.394 e. The van der Waals surface area contributed by atoms with Gasteiger partial charge < -0.3 is 10.2 Å². The van der Waals surface area contributed by atoms with Crippen LogP contribution in [0.1, 0.15) is 13.8 Å². The van der Waals surface area contributed by atoms with Crippen LogP contribution in [0.25, 0.3) is 0 Å². The lowest BCUT2D eigenvalue weighted by Crippen LogP contribution is -2.48. The Balaban J connectivity index is 2.89. The second-order valence-corrected chi connectivity index (χ2v) is 3.33. The van der Waals surface area contributed by atoms with Crippen LogP contribution < -0.4 is 0 Å². The van der Waals surface area contributed by atoms with Crippen molar-refractivity contribution >= 4 is 11.8 Å². The minimum absolute atomic E-state index is 0.328.